The SMILES string of the molecule is N#Cc1c(F)c(Oc2ccc3ccccc3c2)c(Oc2ccc3ccccc3c2)c(F)c1C#N. The topological polar surface area (TPSA) is 66.0 Å². The lowest BCUT2D eigenvalue weighted by atomic mass is 10.1. The lowest BCUT2D eigenvalue weighted by molar-refractivity contribution is 0.374. The van der Waals surface area contributed by atoms with Crippen LogP contribution in [-0.2, 0) is 0 Å². The van der Waals surface area contributed by atoms with Gasteiger partial charge in [-0.15, -0.1) is 0 Å². The Labute approximate surface area is 193 Å². The van der Waals surface area contributed by atoms with Gasteiger partial charge >= 0.3 is 0 Å². The van der Waals surface area contributed by atoms with E-state index in [0.717, 1.165) is 21.5 Å². The van der Waals surface area contributed by atoms with Crippen LogP contribution in [0.1, 0.15) is 11.1 Å². The summed E-state index contributed by atoms with van der Waals surface area (Å²) < 4.78 is 42.2. The predicted molar refractivity (Wildman–Crippen MR) is 124 cm³/mol. The average Bonchev–Trinajstić information content (AvgIpc) is 2.87. The van der Waals surface area contributed by atoms with Gasteiger partial charge in [0.15, 0.2) is 11.6 Å². The highest BCUT2D eigenvalue weighted by Crippen LogP contribution is 2.43. The van der Waals surface area contributed by atoms with Crippen molar-refractivity contribution in [1.29, 1.82) is 10.5 Å². The maximum atomic E-state index is 15.4. The zero-order chi connectivity index (χ0) is 23.7. The van der Waals surface area contributed by atoms with Crippen LogP contribution in [0.25, 0.3) is 21.5 Å². The number of halogens is 2. The summed E-state index contributed by atoms with van der Waals surface area (Å²) in [5, 5.41) is 22.3. The van der Waals surface area contributed by atoms with Crippen LogP contribution in [0.5, 0.6) is 23.0 Å². The number of nitriles is 2. The molecule has 0 aliphatic rings. The number of benzene rings is 5. The Balaban J connectivity index is 1.66. The fourth-order valence-electron chi connectivity index (χ4n) is 3.74. The van der Waals surface area contributed by atoms with E-state index in [1.54, 1.807) is 48.5 Å². The Morgan fingerprint density at radius 1 is 0.529 bits per heavy atom. The predicted octanol–water partition coefficient (Wildman–Crippen LogP) is 7.60. The molecule has 0 saturated carbocycles. The van der Waals surface area contributed by atoms with E-state index in [-0.39, 0.29) is 11.5 Å². The minimum absolute atomic E-state index is 0.217. The summed E-state index contributed by atoms with van der Waals surface area (Å²) in [6.07, 6.45) is 0. The lowest BCUT2D eigenvalue weighted by Crippen LogP contribution is -2.03. The zero-order valence-electron chi connectivity index (χ0n) is 17.5. The van der Waals surface area contributed by atoms with Crippen molar-refractivity contribution in [2.75, 3.05) is 0 Å². The summed E-state index contributed by atoms with van der Waals surface area (Å²) in [6, 6.07) is 28.2. The molecule has 0 amide bonds. The van der Waals surface area contributed by atoms with Gasteiger partial charge < -0.3 is 9.47 Å². The third-order valence-electron chi connectivity index (χ3n) is 5.40. The molecule has 0 aromatic heterocycles. The van der Waals surface area contributed by atoms with Gasteiger partial charge in [0, 0.05) is 0 Å². The minimum atomic E-state index is -1.18. The van der Waals surface area contributed by atoms with Crippen LogP contribution in [0.2, 0.25) is 0 Å². The van der Waals surface area contributed by atoms with Gasteiger partial charge in [0.25, 0.3) is 0 Å². The third kappa shape index (κ3) is 3.64. The highest BCUT2D eigenvalue weighted by atomic mass is 19.1. The average molecular weight is 448 g/mol. The first kappa shape index (κ1) is 20.9. The van der Waals surface area contributed by atoms with E-state index in [1.165, 1.54) is 0 Å². The Morgan fingerprint density at radius 2 is 0.912 bits per heavy atom. The first-order chi connectivity index (χ1) is 16.6. The molecule has 0 aliphatic carbocycles. The fraction of sp³-hybridized carbons (Fsp3) is 0. The summed E-state index contributed by atoms with van der Waals surface area (Å²) in [5.41, 5.74) is -1.50. The van der Waals surface area contributed by atoms with Crippen molar-refractivity contribution >= 4 is 21.5 Å². The van der Waals surface area contributed by atoms with Gasteiger partial charge in [-0.1, -0.05) is 60.7 Å². The van der Waals surface area contributed by atoms with Gasteiger partial charge in [-0.05, 0) is 45.8 Å². The van der Waals surface area contributed by atoms with E-state index in [4.69, 9.17) is 9.47 Å². The Bertz CT molecular complexity index is 1540. The van der Waals surface area contributed by atoms with Crippen molar-refractivity contribution in [3.63, 3.8) is 0 Å². The van der Waals surface area contributed by atoms with Crippen LogP contribution >= 0.6 is 0 Å². The highest BCUT2D eigenvalue weighted by Gasteiger charge is 2.28. The van der Waals surface area contributed by atoms with Crippen LogP contribution < -0.4 is 9.47 Å². The molecule has 162 valence electrons. The highest BCUT2D eigenvalue weighted by molar-refractivity contribution is 5.84. The van der Waals surface area contributed by atoms with E-state index in [9.17, 15) is 10.5 Å². The smallest absolute Gasteiger partial charge is 0.210 e. The molecule has 0 aliphatic heterocycles. The Kier molecular flexibility index (Phi) is 5.26. The second-order valence-corrected chi connectivity index (χ2v) is 7.48. The summed E-state index contributed by atoms with van der Waals surface area (Å²) in [4.78, 5) is 0. The third-order valence-corrected chi connectivity index (χ3v) is 5.40. The lowest BCUT2D eigenvalue weighted by Gasteiger charge is -2.16. The van der Waals surface area contributed by atoms with Crippen molar-refractivity contribution in [1.82, 2.24) is 0 Å². The quantitative estimate of drug-likeness (QED) is 0.284. The van der Waals surface area contributed by atoms with Crippen LogP contribution in [0.15, 0.2) is 84.9 Å². The van der Waals surface area contributed by atoms with Crippen molar-refractivity contribution in [3.8, 4) is 35.1 Å². The number of ether oxygens (including phenoxy) is 2. The van der Waals surface area contributed by atoms with E-state index < -0.39 is 34.3 Å². The molecule has 0 radical (unpaired) electrons. The van der Waals surface area contributed by atoms with Crippen molar-refractivity contribution in [2.24, 2.45) is 0 Å². The summed E-state index contributed by atoms with van der Waals surface area (Å²) in [5.74, 6) is -3.15. The molecule has 5 aromatic rings. The van der Waals surface area contributed by atoms with Crippen LogP contribution in [-0.4, -0.2) is 0 Å². The summed E-state index contributed by atoms with van der Waals surface area (Å²) in [6.45, 7) is 0. The molecule has 6 heteroatoms. The fourth-order valence-corrected chi connectivity index (χ4v) is 3.74. The van der Waals surface area contributed by atoms with Crippen LogP contribution in [0.4, 0.5) is 8.78 Å². The Hall–Kier alpha value is -4.94. The van der Waals surface area contributed by atoms with Gasteiger partial charge in [0.05, 0.1) is 0 Å². The van der Waals surface area contributed by atoms with Gasteiger partial charge in [0.2, 0.25) is 11.5 Å². The largest absolute Gasteiger partial charge is 0.450 e. The molecule has 0 bridgehead atoms. The first-order valence-electron chi connectivity index (χ1n) is 10.3. The van der Waals surface area contributed by atoms with Crippen LogP contribution in [0.3, 0.4) is 0 Å². The van der Waals surface area contributed by atoms with E-state index >= 15 is 8.78 Å². The van der Waals surface area contributed by atoms with Gasteiger partial charge in [-0.25, -0.2) is 8.78 Å². The molecule has 0 spiro atoms. The van der Waals surface area contributed by atoms with Gasteiger partial charge in [-0.3, -0.25) is 0 Å². The maximum Gasteiger partial charge on any atom is 0.210 e. The van der Waals surface area contributed by atoms with Crippen molar-refractivity contribution in [2.45, 2.75) is 0 Å². The number of nitrogens with zero attached hydrogens (tertiary/aromatic N) is 2. The first-order valence-corrected chi connectivity index (χ1v) is 10.3. The summed E-state index contributed by atoms with van der Waals surface area (Å²) in [7, 11) is 0. The molecule has 5 rings (SSSR count). The number of hydrogen-bond acceptors (Lipinski definition) is 4. The maximum absolute atomic E-state index is 15.4. The molecular weight excluding hydrogens is 434 g/mol. The molecule has 0 unspecified atom stereocenters. The molecule has 34 heavy (non-hydrogen) atoms. The monoisotopic (exact) mass is 448 g/mol. The second kappa shape index (κ2) is 8.54. The summed E-state index contributed by atoms with van der Waals surface area (Å²) >= 11 is 0. The van der Waals surface area contributed by atoms with E-state index in [2.05, 4.69) is 0 Å². The zero-order valence-corrected chi connectivity index (χ0v) is 17.5. The molecule has 0 heterocycles. The molecule has 4 nitrogen and oxygen atoms in total. The van der Waals surface area contributed by atoms with E-state index in [1.807, 2.05) is 48.5 Å². The molecular formula is C28H14F2N2O2. The van der Waals surface area contributed by atoms with Crippen molar-refractivity contribution < 1.29 is 18.3 Å². The molecule has 0 N–H and O–H groups in total. The van der Waals surface area contributed by atoms with Gasteiger partial charge in [0.1, 0.15) is 34.8 Å². The molecule has 0 fully saturated rings. The molecule has 0 saturated heterocycles. The molecule has 5 aromatic carbocycles. The minimum Gasteiger partial charge on any atom is -0.450 e. The standard InChI is InChI=1S/C28H14F2N2O2/c29-25-23(15-31)24(16-32)26(30)28(34-22-12-10-18-6-2-4-8-20(18)14-22)27(25)33-21-11-9-17-5-1-3-7-19(17)13-21/h1-14H. The Morgan fingerprint density at radius 3 is 1.29 bits per heavy atom. The van der Waals surface area contributed by atoms with E-state index in [0.29, 0.717) is 0 Å². The molecule has 0 atom stereocenters. The number of fused-ring (bicyclic) bond motifs is 2. The number of rotatable bonds is 4. The van der Waals surface area contributed by atoms with Crippen LogP contribution in [0, 0.1) is 34.3 Å². The van der Waals surface area contributed by atoms with Crippen molar-refractivity contribution in [3.05, 3.63) is 108 Å². The van der Waals surface area contributed by atoms with Gasteiger partial charge in [-0.2, -0.15) is 10.5 Å². The number of hydrogen-bond donors (Lipinski definition) is 0. The normalized spacial score (nSPS) is 10.6. The second-order valence-electron chi connectivity index (χ2n) is 7.48.